The van der Waals surface area contributed by atoms with Gasteiger partial charge < -0.3 is 5.32 Å². The third kappa shape index (κ3) is 2.77. The predicted octanol–water partition coefficient (Wildman–Crippen LogP) is 2.07. The minimum absolute atomic E-state index is 0.00130. The molecule has 1 heterocycles. The zero-order valence-electron chi connectivity index (χ0n) is 9.49. The highest BCUT2D eigenvalue weighted by Crippen LogP contribution is 2.29. The van der Waals surface area contributed by atoms with E-state index in [1.807, 2.05) is 30.3 Å². The van der Waals surface area contributed by atoms with E-state index in [2.05, 4.69) is 24.5 Å². The van der Waals surface area contributed by atoms with Crippen molar-refractivity contribution in [3.63, 3.8) is 0 Å². The monoisotopic (exact) mass is 236 g/mol. The SMILES string of the molecule is CC1(C)NC(C(=O)Nc2ccccc2)CS1. The lowest BCUT2D eigenvalue weighted by molar-refractivity contribution is -0.117. The first-order valence-electron chi connectivity index (χ1n) is 5.34. The number of benzene rings is 1. The van der Waals surface area contributed by atoms with Crippen molar-refractivity contribution in [2.45, 2.75) is 24.8 Å². The second-order valence-corrected chi connectivity index (χ2v) is 6.02. The number of thioether (sulfide) groups is 1. The number of carbonyl (C=O) groups is 1. The quantitative estimate of drug-likeness (QED) is 0.826. The molecule has 1 saturated heterocycles. The van der Waals surface area contributed by atoms with Gasteiger partial charge in [0.2, 0.25) is 5.91 Å². The minimum Gasteiger partial charge on any atom is -0.325 e. The average Bonchev–Trinajstić information content (AvgIpc) is 2.60. The number of anilines is 1. The van der Waals surface area contributed by atoms with Gasteiger partial charge >= 0.3 is 0 Å². The Bertz CT molecular complexity index is 378. The fourth-order valence-electron chi connectivity index (χ4n) is 1.69. The van der Waals surface area contributed by atoms with Crippen LogP contribution < -0.4 is 10.6 Å². The lowest BCUT2D eigenvalue weighted by atomic mass is 10.2. The summed E-state index contributed by atoms with van der Waals surface area (Å²) < 4.78 is 0. The van der Waals surface area contributed by atoms with Crippen LogP contribution in [0.3, 0.4) is 0 Å². The zero-order valence-corrected chi connectivity index (χ0v) is 10.3. The maximum atomic E-state index is 11.9. The highest BCUT2D eigenvalue weighted by Gasteiger charge is 2.34. The first kappa shape index (κ1) is 11.5. The molecular weight excluding hydrogens is 220 g/mol. The number of nitrogens with one attached hydrogen (secondary N) is 2. The molecule has 1 amide bonds. The van der Waals surface area contributed by atoms with Crippen LogP contribution in [0.2, 0.25) is 0 Å². The highest BCUT2D eigenvalue weighted by atomic mass is 32.2. The molecule has 1 aromatic carbocycles. The molecule has 86 valence electrons. The van der Waals surface area contributed by atoms with Crippen LogP contribution in [0.1, 0.15) is 13.8 Å². The second-order valence-electron chi connectivity index (χ2n) is 4.37. The van der Waals surface area contributed by atoms with Gasteiger partial charge in [0.15, 0.2) is 0 Å². The van der Waals surface area contributed by atoms with Crippen LogP contribution >= 0.6 is 11.8 Å². The summed E-state index contributed by atoms with van der Waals surface area (Å²) in [6.07, 6.45) is 0. The molecule has 1 fully saturated rings. The van der Waals surface area contributed by atoms with Crippen molar-refractivity contribution in [3.05, 3.63) is 30.3 Å². The van der Waals surface area contributed by atoms with Crippen LogP contribution in [0.5, 0.6) is 0 Å². The van der Waals surface area contributed by atoms with E-state index in [9.17, 15) is 4.79 Å². The second kappa shape index (κ2) is 4.47. The van der Waals surface area contributed by atoms with Gasteiger partial charge in [0, 0.05) is 11.4 Å². The average molecular weight is 236 g/mol. The minimum atomic E-state index is -0.0970. The maximum absolute atomic E-state index is 11.9. The van der Waals surface area contributed by atoms with Crippen LogP contribution in [0, 0.1) is 0 Å². The van der Waals surface area contributed by atoms with Gasteiger partial charge in [-0.05, 0) is 26.0 Å². The molecule has 0 bridgehead atoms. The lowest BCUT2D eigenvalue weighted by Gasteiger charge is -2.18. The molecule has 0 radical (unpaired) electrons. The van der Waals surface area contributed by atoms with Gasteiger partial charge in [-0.25, -0.2) is 0 Å². The van der Waals surface area contributed by atoms with Crippen molar-refractivity contribution in [3.8, 4) is 0 Å². The molecule has 1 aliphatic rings. The van der Waals surface area contributed by atoms with Gasteiger partial charge in [-0.3, -0.25) is 10.1 Å². The summed E-state index contributed by atoms with van der Waals surface area (Å²) >= 11 is 1.77. The van der Waals surface area contributed by atoms with E-state index in [4.69, 9.17) is 0 Å². The number of amides is 1. The van der Waals surface area contributed by atoms with Crippen molar-refractivity contribution >= 4 is 23.4 Å². The molecule has 0 saturated carbocycles. The van der Waals surface area contributed by atoms with E-state index < -0.39 is 0 Å². The molecule has 1 aliphatic heterocycles. The Morgan fingerprint density at radius 3 is 2.69 bits per heavy atom. The molecule has 16 heavy (non-hydrogen) atoms. The van der Waals surface area contributed by atoms with Gasteiger partial charge in [-0.15, -0.1) is 11.8 Å². The van der Waals surface area contributed by atoms with E-state index >= 15 is 0 Å². The van der Waals surface area contributed by atoms with Crippen LogP contribution in [-0.2, 0) is 4.79 Å². The summed E-state index contributed by atoms with van der Waals surface area (Å²) in [7, 11) is 0. The van der Waals surface area contributed by atoms with Gasteiger partial charge in [0.1, 0.15) is 0 Å². The first-order chi connectivity index (χ1) is 7.57. The number of hydrogen-bond acceptors (Lipinski definition) is 3. The van der Waals surface area contributed by atoms with Crippen molar-refractivity contribution < 1.29 is 4.79 Å². The molecular formula is C12H16N2OS. The molecule has 2 rings (SSSR count). The third-order valence-electron chi connectivity index (χ3n) is 2.49. The summed E-state index contributed by atoms with van der Waals surface area (Å²) in [5, 5.41) is 6.21. The van der Waals surface area contributed by atoms with Crippen molar-refractivity contribution in [2.75, 3.05) is 11.1 Å². The maximum Gasteiger partial charge on any atom is 0.242 e. The fraction of sp³-hybridized carbons (Fsp3) is 0.417. The van der Waals surface area contributed by atoms with Gasteiger partial charge in [-0.1, -0.05) is 18.2 Å². The Balaban J connectivity index is 1.95. The van der Waals surface area contributed by atoms with Gasteiger partial charge in [-0.2, -0.15) is 0 Å². The lowest BCUT2D eigenvalue weighted by Crippen LogP contribution is -2.43. The van der Waals surface area contributed by atoms with Crippen LogP contribution in [0.4, 0.5) is 5.69 Å². The Morgan fingerprint density at radius 2 is 2.12 bits per heavy atom. The molecule has 0 spiro atoms. The summed E-state index contributed by atoms with van der Waals surface area (Å²) in [4.78, 5) is 11.9. The molecule has 1 atom stereocenters. The summed E-state index contributed by atoms with van der Waals surface area (Å²) in [5.41, 5.74) is 0.851. The molecule has 2 N–H and O–H groups in total. The standard InChI is InChI=1S/C12H16N2OS/c1-12(2)14-10(8-16-12)11(15)13-9-6-4-3-5-7-9/h3-7,10,14H,8H2,1-2H3,(H,13,15). The summed E-state index contributed by atoms with van der Waals surface area (Å²) in [6.45, 7) is 4.18. The Labute approximate surface area is 100.0 Å². The van der Waals surface area contributed by atoms with E-state index in [1.54, 1.807) is 11.8 Å². The number of carbonyl (C=O) groups excluding carboxylic acids is 1. The van der Waals surface area contributed by atoms with E-state index in [-0.39, 0.29) is 16.8 Å². The summed E-state index contributed by atoms with van der Waals surface area (Å²) in [5.74, 6) is 0.871. The molecule has 1 unspecified atom stereocenters. The van der Waals surface area contributed by atoms with Crippen molar-refractivity contribution in [1.82, 2.24) is 5.32 Å². The van der Waals surface area contributed by atoms with Gasteiger partial charge in [0.25, 0.3) is 0 Å². The molecule has 0 aliphatic carbocycles. The fourth-order valence-corrected chi connectivity index (χ4v) is 2.73. The first-order valence-corrected chi connectivity index (χ1v) is 6.33. The number of rotatable bonds is 2. The topological polar surface area (TPSA) is 41.1 Å². The van der Waals surface area contributed by atoms with Crippen molar-refractivity contribution in [2.24, 2.45) is 0 Å². The molecule has 3 nitrogen and oxygen atoms in total. The van der Waals surface area contributed by atoms with Crippen LogP contribution in [0.25, 0.3) is 0 Å². The van der Waals surface area contributed by atoms with E-state index in [0.717, 1.165) is 11.4 Å². The molecule has 0 aromatic heterocycles. The number of hydrogen-bond donors (Lipinski definition) is 2. The molecule has 4 heteroatoms. The van der Waals surface area contributed by atoms with E-state index in [0.29, 0.717) is 0 Å². The smallest absolute Gasteiger partial charge is 0.242 e. The van der Waals surface area contributed by atoms with Gasteiger partial charge in [0.05, 0.1) is 10.9 Å². The highest BCUT2D eigenvalue weighted by molar-refractivity contribution is 8.00. The van der Waals surface area contributed by atoms with Crippen LogP contribution in [0.15, 0.2) is 30.3 Å². The summed E-state index contributed by atoms with van der Waals surface area (Å²) in [6, 6.07) is 9.45. The number of para-hydroxylation sites is 1. The predicted molar refractivity (Wildman–Crippen MR) is 68.5 cm³/mol. The largest absolute Gasteiger partial charge is 0.325 e. The Morgan fingerprint density at radius 1 is 1.44 bits per heavy atom. The Hall–Kier alpha value is -1.00. The third-order valence-corrected chi connectivity index (χ3v) is 3.83. The van der Waals surface area contributed by atoms with E-state index in [1.165, 1.54) is 0 Å². The zero-order chi connectivity index (χ0) is 11.6. The van der Waals surface area contributed by atoms with Crippen LogP contribution in [-0.4, -0.2) is 22.6 Å². The normalized spacial score (nSPS) is 23.0. The Kier molecular flexibility index (Phi) is 3.21. The molecule has 1 aromatic rings. The van der Waals surface area contributed by atoms with Crippen molar-refractivity contribution in [1.29, 1.82) is 0 Å².